The molecule has 0 amide bonds. The Bertz CT molecular complexity index is 770. The fourth-order valence-corrected chi connectivity index (χ4v) is 2.70. The quantitative estimate of drug-likeness (QED) is 0.646. The van der Waals surface area contributed by atoms with Gasteiger partial charge in [-0.15, -0.1) is 11.6 Å². The summed E-state index contributed by atoms with van der Waals surface area (Å²) in [7, 11) is 0. The number of aromatic nitrogens is 3. The largest absolute Gasteiger partial charge is 0.494 e. The number of rotatable bonds is 4. The minimum Gasteiger partial charge on any atom is -0.494 e. The van der Waals surface area contributed by atoms with E-state index in [0.29, 0.717) is 12.5 Å². The number of benzene rings is 1. The number of nitrogens with zero attached hydrogens (tertiary/aromatic N) is 3. The SMILES string of the molecule is CCOc1ccc(-n2c(CCl)nc3cc(Br)cnc32)cc1. The molecule has 3 rings (SSSR count). The average molecular weight is 367 g/mol. The number of alkyl halides is 1. The van der Waals surface area contributed by atoms with E-state index in [0.717, 1.165) is 32.9 Å². The van der Waals surface area contributed by atoms with Gasteiger partial charge in [-0.1, -0.05) is 0 Å². The predicted molar refractivity (Wildman–Crippen MR) is 87.3 cm³/mol. The summed E-state index contributed by atoms with van der Waals surface area (Å²) in [5.74, 6) is 1.93. The third kappa shape index (κ3) is 2.76. The van der Waals surface area contributed by atoms with E-state index in [1.165, 1.54) is 0 Å². The van der Waals surface area contributed by atoms with Crippen LogP contribution in [0.1, 0.15) is 12.7 Å². The zero-order chi connectivity index (χ0) is 14.8. The van der Waals surface area contributed by atoms with Crippen LogP contribution < -0.4 is 4.74 Å². The van der Waals surface area contributed by atoms with Crippen molar-refractivity contribution in [1.82, 2.24) is 14.5 Å². The van der Waals surface area contributed by atoms with Gasteiger partial charge in [-0.25, -0.2) is 9.97 Å². The normalized spacial score (nSPS) is 11.0. The van der Waals surface area contributed by atoms with E-state index in [1.54, 1.807) is 6.20 Å². The molecule has 21 heavy (non-hydrogen) atoms. The Kier molecular flexibility index (Phi) is 4.12. The molecule has 2 aromatic heterocycles. The monoisotopic (exact) mass is 365 g/mol. The molecule has 3 aromatic rings. The topological polar surface area (TPSA) is 39.9 Å². The van der Waals surface area contributed by atoms with Crippen molar-refractivity contribution in [2.24, 2.45) is 0 Å². The Labute approximate surface area is 135 Å². The van der Waals surface area contributed by atoms with Crippen LogP contribution in [-0.4, -0.2) is 21.1 Å². The lowest BCUT2D eigenvalue weighted by Gasteiger charge is -2.08. The number of ether oxygens (including phenoxy) is 1. The molecule has 0 saturated carbocycles. The molecule has 2 heterocycles. The molecular weight excluding hydrogens is 354 g/mol. The standard InChI is InChI=1S/C15H13BrClN3O/c1-2-21-12-5-3-11(4-6-12)20-14(8-17)19-13-7-10(16)9-18-15(13)20/h3-7,9H,2,8H2,1H3. The smallest absolute Gasteiger partial charge is 0.164 e. The molecule has 0 saturated heterocycles. The minimum atomic E-state index is 0.321. The first-order valence-corrected chi connectivity index (χ1v) is 7.87. The van der Waals surface area contributed by atoms with Crippen LogP contribution >= 0.6 is 27.5 Å². The fourth-order valence-electron chi connectivity index (χ4n) is 2.21. The van der Waals surface area contributed by atoms with E-state index in [4.69, 9.17) is 16.3 Å². The first-order valence-electron chi connectivity index (χ1n) is 6.55. The third-order valence-corrected chi connectivity index (χ3v) is 3.73. The summed E-state index contributed by atoms with van der Waals surface area (Å²) in [5, 5.41) is 0. The molecule has 0 N–H and O–H groups in total. The van der Waals surface area contributed by atoms with Crippen molar-refractivity contribution in [2.45, 2.75) is 12.8 Å². The highest BCUT2D eigenvalue weighted by Crippen LogP contribution is 2.24. The maximum Gasteiger partial charge on any atom is 0.164 e. The summed E-state index contributed by atoms with van der Waals surface area (Å²) in [6.07, 6.45) is 1.76. The second kappa shape index (κ2) is 6.03. The Morgan fingerprint density at radius 3 is 2.71 bits per heavy atom. The van der Waals surface area contributed by atoms with Crippen molar-refractivity contribution in [1.29, 1.82) is 0 Å². The van der Waals surface area contributed by atoms with Crippen LogP contribution in [0.15, 0.2) is 41.0 Å². The van der Waals surface area contributed by atoms with Crippen molar-refractivity contribution in [3.63, 3.8) is 0 Å². The van der Waals surface area contributed by atoms with Gasteiger partial charge in [-0.3, -0.25) is 4.57 Å². The van der Waals surface area contributed by atoms with Crippen molar-refractivity contribution in [2.75, 3.05) is 6.61 Å². The molecule has 0 aliphatic rings. The molecule has 0 unspecified atom stereocenters. The zero-order valence-corrected chi connectivity index (χ0v) is 13.7. The number of hydrogen-bond acceptors (Lipinski definition) is 3. The number of hydrogen-bond donors (Lipinski definition) is 0. The molecule has 0 spiro atoms. The van der Waals surface area contributed by atoms with Crippen LogP contribution in [0.4, 0.5) is 0 Å². The van der Waals surface area contributed by atoms with Crippen molar-refractivity contribution >= 4 is 38.7 Å². The number of imidazole rings is 1. The van der Waals surface area contributed by atoms with Crippen LogP contribution in [-0.2, 0) is 5.88 Å². The highest BCUT2D eigenvalue weighted by molar-refractivity contribution is 9.10. The van der Waals surface area contributed by atoms with Crippen LogP contribution in [0.2, 0.25) is 0 Å². The molecule has 0 atom stereocenters. The van der Waals surface area contributed by atoms with Gasteiger partial charge >= 0.3 is 0 Å². The van der Waals surface area contributed by atoms with Gasteiger partial charge in [0, 0.05) is 16.4 Å². The van der Waals surface area contributed by atoms with Crippen molar-refractivity contribution in [3.05, 3.63) is 46.8 Å². The van der Waals surface area contributed by atoms with E-state index in [-0.39, 0.29) is 0 Å². The van der Waals surface area contributed by atoms with Crippen LogP contribution in [0.3, 0.4) is 0 Å². The van der Waals surface area contributed by atoms with Crippen molar-refractivity contribution in [3.8, 4) is 11.4 Å². The molecule has 6 heteroatoms. The summed E-state index contributed by atoms with van der Waals surface area (Å²) < 4.78 is 8.32. The Morgan fingerprint density at radius 1 is 1.29 bits per heavy atom. The first kappa shape index (κ1) is 14.4. The van der Waals surface area contributed by atoms with E-state index < -0.39 is 0 Å². The van der Waals surface area contributed by atoms with E-state index >= 15 is 0 Å². The lowest BCUT2D eigenvalue weighted by atomic mass is 10.3. The van der Waals surface area contributed by atoms with Gasteiger partial charge in [-0.05, 0) is 53.2 Å². The molecule has 108 valence electrons. The number of pyridine rings is 1. The molecular formula is C15H13BrClN3O. The summed E-state index contributed by atoms with van der Waals surface area (Å²) in [6.45, 7) is 2.61. The number of fused-ring (bicyclic) bond motifs is 1. The summed E-state index contributed by atoms with van der Waals surface area (Å²) in [5.41, 5.74) is 2.57. The molecule has 0 bridgehead atoms. The lowest BCUT2D eigenvalue weighted by Crippen LogP contribution is -2.00. The number of halogens is 2. The van der Waals surface area contributed by atoms with E-state index in [2.05, 4.69) is 25.9 Å². The maximum absolute atomic E-state index is 6.03. The van der Waals surface area contributed by atoms with Gasteiger partial charge in [0.1, 0.15) is 17.1 Å². The lowest BCUT2D eigenvalue weighted by molar-refractivity contribution is 0.340. The molecule has 1 aromatic carbocycles. The molecule has 0 aliphatic heterocycles. The maximum atomic E-state index is 6.03. The average Bonchev–Trinajstić information content (AvgIpc) is 2.86. The predicted octanol–water partition coefficient (Wildman–Crippen LogP) is 4.32. The van der Waals surface area contributed by atoms with Gasteiger partial charge in [0.2, 0.25) is 0 Å². The summed E-state index contributed by atoms with van der Waals surface area (Å²) >= 11 is 9.44. The minimum absolute atomic E-state index is 0.321. The molecule has 0 fully saturated rings. The first-order chi connectivity index (χ1) is 10.2. The Morgan fingerprint density at radius 2 is 2.05 bits per heavy atom. The van der Waals surface area contributed by atoms with Gasteiger partial charge in [0.05, 0.1) is 12.5 Å². The van der Waals surface area contributed by atoms with Gasteiger partial charge < -0.3 is 4.74 Å². The third-order valence-electron chi connectivity index (χ3n) is 3.06. The van der Waals surface area contributed by atoms with Crippen LogP contribution in [0.25, 0.3) is 16.9 Å². The van der Waals surface area contributed by atoms with Gasteiger partial charge in [0.25, 0.3) is 0 Å². The molecule has 0 radical (unpaired) electrons. The Hall–Kier alpha value is -1.59. The summed E-state index contributed by atoms with van der Waals surface area (Å²) in [6, 6.07) is 9.75. The van der Waals surface area contributed by atoms with Crippen LogP contribution in [0, 0.1) is 0 Å². The van der Waals surface area contributed by atoms with E-state index in [1.807, 2.05) is 41.8 Å². The molecule has 4 nitrogen and oxygen atoms in total. The van der Waals surface area contributed by atoms with Crippen molar-refractivity contribution < 1.29 is 4.74 Å². The fraction of sp³-hybridized carbons (Fsp3) is 0.200. The second-order valence-electron chi connectivity index (χ2n) is 4.42. The Balaban J connectivity index is 2.13. The van der Waals surface area contributed by atoms with Crippen LogP contribution in [0.5, 0.6) is 5.75 Å². The highest BCUT2D eigenvalue weighted by Gasteiger charge is 2.13. The highest BCUT2D eigenvalue weighted by atomic mass is 79.9. The zero-order valence-electron chi connectivity index (χ0n) is 11.4. The van der Waals surface area contributed by atoms with Gasteiger partial charge in [-0.2, -0.15) is 0 Å². The molecule has 0 aliphatic carbocycles. The summed E-state index contributed by atoms with van der Waals surface area (Å²) in [4.78, 5) is 8.98. The van der Waals surface area contributed by atoms with Gasteiger partial charge in [0.15, 0.2) is 5.65 Å². The second-order valence-corrected chi connectivity index (χ2v) is 5.60. The van der Waals surface area contributed by atoms with E-state index in [9.17, 15) is 0 Å².